The summed E-state index contributed by atoms with van der Waals surface area (Å²) in [7, 11) is 0. The molecule has 124 valence electrons. The summed E-state index contributed by atoms with van der Waals surface area (Å²) in [5, 5.41) is 0. The number of likely N-dealkylation sites (tertiary alicyclic amines) is 1. The molecule has 0 spiro atoms. The van der Waals surface area contributed by atoms with E-state index in [0.717, 1.165) is 46.3 Å². The van der Waals surface area contributed by atoms with Gasteiger partial charge in [-0.3, -0.25) is 4.79 Å². The van der Waals surface area contributed by atoms with Gasteiger partial charge in [-0.15, -0.1) is 11.3 Å². The van der Waals surface area contributed by atoms with Crippen molar-refractivity contribution in [2.75, 3.05) is 13.1 Å². The molecule has 24 heavy (non-hydrogen) atoms. The van der Waals surface area contributed by atoms with Crippen molar-refractivity contribution in [3.05, 3.63) is 59.0 Å². The molecule has 1 N–H and O–H groups in total. The molecule has 6 heteroatoms. The number of amides is 1. The van der Waals surface area contributed by atoms with E-state index in [2.05, 4.69) is 34.1 Å². The standard InChI is InChI=1S/C18H18ClN3OS/c19-17-4-3-16(24-17)14-11-20-12-15(14)18(23)22-9-5-13(6-10-22)21-7-1-2-8-21/h1-4,7-8,11-13,20H,5-6,9-10H2. The summed E-state index contributed by atoms with van der Waals surface area (Å²) in [6.45, 7) is 1.58. The molecule has 0 bridgehead atoms. The predicted molar refractivity (Wildman–Crippen MR) is 97.7 cm³/mol. The van der Waals surface area contributed by atoms with Crippen LogP contribution in [0, 0.1) is 0 Å². The van der Waals surface area contributed by atoms with Crippen LogP contribution >= 0.6 is 22.9 Å². The number of carbonyl (C=O) groups is 1. The minimum atomic E-state index is 0.0988. The van der Waals surface area contributed by atoms with Gasteiger partial charge in [0.25, 0.3) is 5.91 Å². The van der Waals surface area contributed by atoms with Gasteiger partial charge in [0.05, 0.1) is 9.90 Å². The number of nitrogens with zero attached hydrogens (tertiary/aromatic N) is 2. The van der Waals surface area contributed by atoms with Crippen molar-refractivity contribution in [2.24, 2.45) is 0 Å². The number of H-pyrrole nitrogens is 1. The lowest BCUT2D eigenvalue weighted by Gasteiger charge is -2.32. The largest absolute Gasteiger partial charge is 0.366 e. The second-order valence-corrected chi connectivity index (χ2v) is 7.76. The van der Waals surface area contributed by atoms with E-state index in [4.69, 9.17) is 11.6 Å². The lowest BCUT2D eigenvalue weighted by Crippen LogP contribution is -2.38. The van der Waals surface area contributed by atoms with Crippen LogP contribution in [0.2, 0.25) is 4.34 Å². The highest BCUT2D eigenvalue weighted by Crippen LogP contribution is 2.34. The first-order chi connectivity index (χ1) is 11.7. The zero-order chi connectivity index (χ0) is 16.5. The van der Waals surface area contributed by atoms with Gasteiger partial charge in [-0.1, -0.05) is 11.6 Å². The maximum Gasteiger partial charge on any atom is 0.256 e. The number of piperidine rings is 1. The fourth-order valence-corrected chi connectivity index (χ4v) is 4.41. The molecule has 0 aliphatic carbocycles. The third kappa shape index (κ3) is 2.89. The molecular formula is C18H18ClN3OS. The molecule has 4 rings (SSSR count). The van der Waals surface area contributed by atoms with E-state index < -0.39 is 0 Å². The molecule has 0 aromatic carbocycles. The molecule has 1 fully saturated rings. The van der Waals surface area contributed by atoms with Gasteiger partial charge in [-0.05, 0) is 37.1 Å². The van der Waals surface area contributed by atoms with Gasteiger partial charge in [-0.25, -0.2) is 0 Å². The van der Waals surface area contributed by atoms with Crippen molar-refractivity contribution in [1.29, 1.82) is 0 Å². The molecule has 3 aromatic heterocycles. The molecule has 0 atom stereocenters. The van der Waals surface area contributed by atoms with Crippen LogP contribution in [0.25, 0.3) is 10.4 Å². The average Bonchev–Trinajstić information content (AvgIpc) is 3.35. The van der Waals surface area contributed by atoms with Crippen LogP contribution in [-0.2, 0) is 0 Å². The van der Waals surface area contributed by atoms with Gasteiger partial charge < -0.3 is 14.5 Å². The van der Waals surface area contributed by atoms with Crippen LogP contribution < -0.4 is 0 Å². The molecule has 1 aliphatic rings. The van der Waals surface area contributed by atoms with E-state index >= 15 is 0 Å². The van der Waals surface area contributed by atoms with Gasteiger partial charge in [0, 0.05) is 54.4 Å². The molecule has 0 saturated carbocycles. The van der Waals surface area contributed by atoms with Crippen LogP contribution in [-0.4, -0.2) is 33.4 Å². The smallest absolute Gasteiger partial charge is 0.256 e. The Morgan fingerprint density at radius 2 is 1.92 bits per heavy atom. The third-order valence-electron chi connectivity index (χ3n) is 4.62. The SMILES string of the molecule is O=C(c1c[nH]cc1-c1ccc(Cl)s1)N1CCC(n2cccc2)CC1. The fourth-order valence-electron chi connectivity index (χ4n) is 3.33. The number of aromatic amines is 1. The van der Waals surface area contributed by atoms with Crippen molar-refractivity contribution < 1.29 is 4.79 Å². The highest BCUT2D eigenvalue weighted by atomic mass is 35.5. The molecule has 0 radical (unpaired) electrons. The monoisotopic (exact) mass is 359 g/mol. The van der Waals surface area contributed by atoms with E-state index in [9.17, 15) is 4.79 Å². The van der Waals surface area contributed by atoms with Crippen molar-refractivity contribution in [1.82, 2.24) is 14.5 Å². The Bertz CT molecular complexity index is 828. The Kier molecular flexibility index (Phi) is 4.21. The molecule has 3 aromatic rings. The van der Waals surface area contributed by atoms with E-state index in [1.165, 1.54) is 11.3 Å². The lowest BCUT2D eigenvalue weighted by atomic mass is 10.0. The van der Waals surface area contributed by atoms with Crippen molar-refractivity contribution in [3.63, 3.8) is 0 Å². The Balaban J connectivity index is 1.49. The predicted octanol–water partition coefficient (Wildman–Crippen LogP) is 4.68. The number of carbonyl (C=O) groups excluding carboxylic acids is 1. The van der Waals surface area contributed by atoms with Gasteiger partial charge in [0.15, 0.2) is 0 Å². The molecule has 4 heterocycles. The van der Waals surface area contributed by atoms with E-state index in [1.54, 1.807) is 6.20 Å². The fraction of sp³-hybridized carbons (Fsp3) is 0.278. The average molecular weight is 360 g/mol. The minimum absolute atomic E-state index is 0.0988. The van der Waals surface area contributed by atoms with Crippen molar-refractivity contribution in [3.8, 4) is 10.4 Å². The Labute approximate surface area is 149 Å². The highest BCUT2D eigenvalue weighted by molar-refractivity contribution is 7.19. The first-order valence-corrected chi connectivity index (χ1v) is 9.26. The molecule has 1 amide bonds. The van der Waals surface area contributed by atoms with E-state index in [1.807, 2.05) is 23.2 Å². The Hall–Kier alpha value is -1.98. The molecule has 1 aliphatic heterocycles. The van der Waals surface area contributed by atoms with Crippen molar-refractivity contribution >= 4 is 28.8 Å². The summed E-state index contributed by atoms with van der Waals surface area (Å²) in [6, 6.07) is 8.42. The van der Waals surface area contributed by atoms with Crippen LogP contribution in [0.3, 0.4) is 0 Å². The lowest BCUT2D eigenvalue weighted by molar-refractivity contribution is 0.0695. The molecule has 0 unspecified atom stereocenters. The number of hydrogen-bond acceptors (Lipinski definition) is 2. The maximum absolute atomic E-state index is 12.9. The van der Waals surface area contributed by atoms with Gasteiger partial charge >= 0.3 is 0 Å². The van der Waals surface area contributed by atoms with E-state index in [0.29, 0.717) is 6.04 Å². The highest BCUT2D eigenvalue weighted by Gasteiger charge is 2.26. The first kappa shape index (κ1) is 15.5. The van der Waals surface area contributed by atoms with E-state index in [-0.39, 0.29) is 5.91 Å². The quantitative estimate of drug-likeness (QED) is 0.725. The number of aromatic nitrogens is 2. The van der Waals surface area contributed by atoms with Gasteiger partial charge in [0.2, 0.25) is 0 Å². The Morgan fingerprint density at radius 3 is 2.58 bits per heavy atom. The number of thiophene rings is 1. The number of rotatable bonds is 3. The second kappa shape index (κ2) is 6.49. The molecular weight excluding hydrogens is 342 g/mol. The molecule has 1 saturated heterocycles. The first-order valence-electron chi connectivity index (χ1n) is 8.06. The zero-order valence-electron chi connectivity index (χ0n) is 13.1. The summed E-state index contributed by atoms with van der Waals surface area (Å²) >= 11 is 7.53. The van der Waals surface area contributed by atoms with Crippen LogP contribution in [0.5, 0.6) is 0 Å². The topological polar surface area (TPSA) is 41.0 Å². The van der Waals surface area contributed by atoms with Crippen LogP contribution in [0.4, 0.5) is 0 Å². The Morgan fingerprint density at radius 1 is 1.17 bits per heavy atom. The van der Waals surface area contributed by atoms with Crippen LogP contribution in [0.1, 0.15) is 29.2 Å². The zero-order valence-corrected chi connectivity index (χ0v) is 14.7. The normalized spacial score (nSPS) is 15.8. The summed E-state index contributed by atoms with van der Waals surface area (Å²) in [5.74, 6) is 0.0988. The van der Waals surface area contributed by atoms with Crippen molar-refractivity contribution in [2.45, 2.75) is 18.9 Å². The minimum Gasteiger partial charge on any atom is -0.366 e. The summed E-state index contributed by atoms with van der Waals surface area (Å²) in [6.07, 6.45) is 9.86. The van der Waals surface area contributed by atoms with Gasteiger partial charge in [0.1, 0.15) is 0 Å². The molecule has 4 nitrogen and oxygen atoms in total. The number of nitrogens with one attached hydrogen (secondary N) is 1. The maximum atomic E-state index is 12.9. The second-order valence-electron chi connectivity index (χ2n) is 6.04. The summed E-state index contributed by atoms with van der Waals surface area (Å²) in [4.78, 5) is 19.0. The van der Waals surface area contributed by atoms with Gasteiger partial charge in [-0.2, -0.15) is 0 Å². The third-order valence-corrected chi connectivity index (χ3v) is 5.88. The number of halogens is 1. The van der Waals surface area contributed by atoms with Crippen LogP contribution in [0.15, 0.2) is 49.1 Å². The summed E-state index contributed by atoms with van der Waals surface area (Å²) < 4.78 is 2.98. The summed E-state index contributed by atoms with van der Waals surface area (Å²) in [5.41, 5.74) is 1.66. The number of hydrogen-bond donors (Lipinski definition) is 1.